The van der Waals surface area contributed by atoms with Gasteiger partial charge >= 0.3 is 0 Å². The van der Waals surface area contributed by atoms with Gasteiger partial charge in [-0.25, -0.2) is 0 Å². The van der Waals surface area contributed by atoms with Gasteiger partial charge in [0, 0.05) is 24.9 Å². The zero-order valence-electron chi connectivity index (χ0n) is 10.9. The Labute approximate surface area is 112 Å². The molecule has 2 aromatic heterocycles. The van der Waals surface area contributed by atoms with Crippen molar-refractivity contribution in [2.45, 2.75) is 38.8 Å². The summed E-state index contributed by atoms with van der Waals surface area (Å²) in [5.74, 6) is 0. The number of aliphatic hydroxyl groups excluding tert-OH is 1. The predicted octanol–water partition coefficient (Wildman–Crippen LogP) is 3.11. The Hall–Kier alpha value is -0.970. The number of nitrogens with zero attached hydrogens (tertiary/aromatic N) is 1. The molecule has 3 nitrogen and oxygen atoms in total. The first kappa shape index (κ1) is 13.5. The molecule has 0 bridgehead atoms. The Morgan fingerprint density at radius 3 is 3.06 bits per heavy atom. The van der Waals surface area contributed by atoms with Gasteiger partial charge in [-0.05, 0) is 42.8 Å². The molecule has 0 radical (unpaired) electrons. The van der Waals surface area contributed by atoms with Crippen LogP contribution in [0.2, 0.25) is 0 Å². The van der Waals surface area contributed by atoms with Crippen LogP contribution in [0.25, 0.3) is 10.2 Å². The van der Waals surface area contributed by atoms with E-state index in [9.17, 15) is 0 Å². The minimum Gasteiger partial charge on any atom is -0.396 e. The van der Waals surface area contributed by atoms with Crippen molar-refractivity contribution in [3.05, 3.63) is 29.3 Å². The SMILES string of the molecule is CCC(CCO)NC(C)c1cnc2ccsc2c1. The predicted molar refractivity (Wildman–Crippen MR) is 77.0 cm³/mol. The Bertz CT molecular complexity index is 497. The number of pyridine rings is 1. The Morgan fingerprint density at radius 1 is 1.50 bits per heavy atom. The Kier molecular flexibility index (Phi) is 4.69. The monoisotopic (exact) mass is 264 g/mol. The average molecular weight is 264 g/mol. The number of nitrogens with one attached hydrogen (secondary N) is 1. The van der Waals surface area contributed by atoms with E-state index in [4.69, 9.17) is 5.11 Å². The summed E-state index contributed by atoms with van der Waals surface area (Å²) >= 11 is 1.72. The molecule has 2 rings (SSSR count). The van der Waals surface area contributed by atoms with E-state index in [2.05, 4.69) is 35.6 Å². The van der Waals surface area contributed by atoms with Crippen molar-refractivity contribution in [3.8, 4) is 0 Å². The molecule has 2 heterocycles. The van der Waals surface area contributed by atoms with E-state index >= 15 is 0 Å². The highest BCUT2D eigenvalue weighted by Crippen LogP contribution is 2.23. The van der Waals surface area contributed by atoms with Gasteiger partial charge in [-0.1, -0.05) is 6.92 Å². The molecule has 2 aromatic rings. The standard InChI is InChI=1S/C14H20N2OS/c1-3-12(4-6-17)16-10(2)11-8-14-13(15-9-11)5-7-18-14/h5,7-10,12,16-17H,3-4,6H2,1-2H3. The van der Waals surface area contributed by atoms with E-state index < -0.39 is 0 Å². The van der Waals surface area contributed by atoms with E-state index in [0.29, 0.717) is 6.04 Å². The number of thiophene rings is 1. The van der Waals surface area contributed by atoms with Gasteiger partial charge in [0.2, 0.25) is 0 Å². The van der Waals surface area contributed by atoms with Crippen LogP contribution in [-0.4, -0.2) is 22.7 Å². The lowest BCUT2D eigenvalue weighted by Crippen LogP contribution is -2.31. The molecule has 2 unspecified atom stereocenters. The fourth-order valence-electron chi connectivity index (χ4n) is 2.11. The second kappa shape index (κ2) is 6.27. The number of hydrogen-bond donors (Lipinski definition) is 2. The van der Waals surface area contributed by atoms with Crippen LogP contribution in [0.4, 0.5) is 0 Å². The summed E-state index contributed by atoms with van der Waals surface area (Å²) in [6, 6.07) is 4.88. The highest BCUT2D eigenvalue weighted by molar-refractivity contribution is 7.17. The number of aliphatic hydroxyl groups is 1. The van der Waals surface area contributed by atoms with E-state index in [-0.39, 0.29) is 12.6 Å². The highest BCUT2D eigenvalue weighted by atomic mass is 32.1. The highest BCUT2D eigenvalue weighted by Gasteiger charge is 2.12. The van der Waals surface area contributed by atoms with Gasteiger partial charge in [-0.3, -0.25) is 4.98 Å². The average Bonchev–Trinajstić information content (AvgIpc) is 2.85. The molecule has 0 aliphatic heterocycles. The van der Waals surface area contributed by atoms with Crippen LogP contribution in [0.5, 0.6) is 0 Å². The summed E-state index contributed by atoms with van der Waals surface area (Å²) in [4.78, 5) is 4.46. The molecule has 4 heteroatoms. The lowest BCUT2D eigenvalue weighted by Gasteiger charge is -2.21. The first-order chi connectivity index (χ1) is 8.74. The van der Waals surface area contributed by atoms with E-state index in [1.165, 1.54) is 10.3 Å². The van der Waals surface area contributed by atoms with Crippen molar-refractivity contribution in [2.75, 3.05) is 6.61 Å². The van der Waals surface area contributed by atoms with Crippen molar-refractivity contribution in [2.24, 2.45) is 0 Å². The van der Waals surface area contributed by atoms with Gasteiger partial charge < -0.3 is 10.4 Å². The molecule has 0 fully saturated rings. The van der Waals surface area contributed by atoms with Crippen molar-refractivity contribution in [1.29, 1.82) is 0 Å². The molecule has 18 heavy (non-hydrogen) atoms. The zero-order chi connectivity index (χ0) is 13.0. The molecule has 0 aliphatic rings. The van der Waals surface area contributed by atoms with Crippen molar-refractivity contribution >= 4 is 21.6 Å². The van der Waals surface area contributed by atoms with Gasteiger partial charge in [-0.15, -0.1) is 11.3 Å². The molecule has 0 saturated heterocycles. The maximum absolute atomic E-state index is 9.01. The number of aromatic nitrogens is 1. The van der Waals surface area contributed by atoms with Crippen molar-refractivity contribution in [1.82, 2.24) is 10.3 Å². The summed E-state index contributed by atoms with van der Waals surface area (Å²) in [5.41, 5.74) is 2.28. The Morgan fingerprint density at radius 2 is 2.33 bits per heavy atom. The molecular formula is C14H20N2OS. The van der Waals surface area contributed by atoms with Crippen molar-refractivity contribution < 1.29 is 5.11 Å². The third kappa shape index (κ3) is 3.07. The second-order valence-corrected chi connectivity index (χ2v) is 5.53. The third-order valence-corrected chi connectivity index (χ3v) is 4.13. The minimum atomic E-state index is 0.237. The third-order valence-electron chi connectivity index (χ3n) is 3.28. The fourth-order valence-corrected chi connectivity index (χ4v) is 2.90. The second-order valence-electron chi connectivity index (χ2n) is 4.58. The van der Waals surface area contributed by atoms with E-state index in [1.807, 2.05) is 12.3 Å². The van der Waals surface area contributed by atoms with Crippen LogP contribution in [-0.2, 0) is 0 Å². The summed E-state index contributed by atoms with van der Waals surface area (Å²) in [5, 5.41) is 14.6. The lowest BCUT2D eigenvalue weighted by atomic mass is 10.1. The quantitative estimate of drug-likeness (QED) is 0.842. The van der Waals surface area contributed by atoms with Crippen LogP contribution in [0.1, 0.15) is 38.3 Å². The topological polar surface area (TPSA) is 45.1 Å². The van der Waals surface area contributed by atoms with Gasteiger partial charge in [0.1, 0.15) is 0 Å². The van der Waals surface area contributed by atoms with E-state index in [0.717, 1.165) is 18.4 Å². The summed E-state index contributed by atoms with van der Waals surface area (Å²) < 4.78 is 1.23. The smallest absolute Gasteiger partial charge is 0.0809 e. The van der Waals surface area contributed by atoms with Crippen molar-refractivity contribution in [3.63, 3.8) is 0 Å². The molecule has 0 amide bonds. The number of rotatable bonds is 6. The normalized spacial score (nSPS) is 14.8. The molecule has 98 valence electrons. The molecular weight excluding hydrogens is 244 g/mol. The molecule has 0 aromatic carbocycles. The zero-order valence-corrected chi connectivity index (χ0v) is 11.7. The van der Waals surface area contributed by atoms with Gasteiger partial charge in [0.25, 0.3) is 0 Å². The molecule has 0 aliphatic carbocycles. The van der Waals surface area contributed by atoms with Crippen LogP contribution in [0.3, 0.4) is 0 Å². The maximum atomic E-state index is 9.01. The van der Waals surface area contributed by atoms with Gasteiger partial charge in [0.05, 0.1) is 10.2 Å². The van der Waals surface area contributed by atoms with Crippen LogP contribution in [0.15, 0.2) is 23.7 Å². The first-order valence-electron chi connectivity index (χ1n) is 6.44. The van der Waals surface area contributed by atoms with Crippen LogP contribution < -0.4 is 5.32 Å². The fraction of sp³-hybridized carbons (Fsp3) is 0.500. The number of hydrogen-bond acceptors (Lipinski definition) is 4. The molecule has 2 N–H and O–H groups in total. The molecule has 2 atom stereocenters. The first-order valence-corrected chi connectivity index (χ1v) is 7.32. The Balaban J connectivity index is 2.09. The summed E-state index contributed by atoms with van der Waals surface area (Å²) in [7, 11) is 0. The maximum Gasteiger partial charge on any atom is 0.0809 e. The van der Waals surface area contributed by atoms with Crippen LogP contribution >= 0.6 is 11.3 Å². The minimum absolute atomic E-state index is 0.237. The van der Waals surface area contributed by atoms with Gasteiger partial charge in [0.15, 0.2) is 0 Å². The number of fused-ring (bicyclic) bond motifs is 1. The summed E-state index contributed by atoms with van der Waals surface area (Å²) in [6.45, 7) is 4.53. The van der Waals surface area contributed by atoms with Gasteiger partial charge in [-0.2, -0.15) is 0 Å². The molecule has 0 saturated carbocycles. The van der Waals surface area contributed by atoms with Crippen LogP contribution in [0, 0.1) is 0 Å². The summed E-state index contributed by atoms with van der Waals surface area (Å²) in [6.07, 6.45) is 3.77. The largest absolute Gasteiger partial charge is 0.396 e. The molecule has 0 spiro atoms. The lowest BCUT2D eigenvalue weighted by molar-refractivity contribution is 0.257. The van der Waals surface area contributed by atoms with E-state index in [1.54, 1.807) is 11.3 Å².